The number of likely N-dealkylation sites (tertiary alicyclic amines) is 1. The van der Waals surface area contributed by atoms with Crippen molar-refractivity contribution in [2.24, 2.45) is 5.92 Å². The lowest BCUT2D eigenvalue weighted by Crippen LogP contribution is -2.53. The molecule has 2 rings (SSSR count). The van der Waals surface area contributed by atoms with Crippen LogP contribution < -0.4 is 10.5 Å². The molecule has 1 heterocycles. The Labute approximate surface area is 119 Å². The van der Waals surface area contributed by atoms with Crippen LogP contribution >= 0.6 is 0 Å². The number of amides is 1. The van der Waals surface area contributed by atoms with Crippen molar-refractivity contribution in [3.8, 4) is 5.75 Å². The molecule has 1 saturated heterocycles. The highest BCUT2D eigenvalue weighted by molar-refractivity contribution is 5.69. The van der Waals surface area contributed by atoms with Gasteiger partial charge in [-0.05, 0) is 32.9 Å². The molecular weight excluding hydrogens is 256 g/mol. The largest absolute Gasteiger partial charge is 0.491 e. The molecule has 0 radical (unpaired) electrons. The van der Waals surface area contributed by atoms with Crippen molar-refractivity contribution in [3.63, 3.8) is 0 Å². The smallest absolute Gasteiger partial charge is 0.410 e. The van der Waals surface area contributed by atoms with Crippen LogP contribution in [0.25, 0.3) is 0 Å². The van der Waals surface area contributed by atoms with Crippen LogP contribution in [0, 0.1) is 5.92 Å². The number of hydrogen-bond acceptors (Lipinski definition) is 4. The predicted molar refractivity (Wildman–Crippen MR) is 77.6 cm³/mol. The second-order valence-electron chi connectivity index (χ2n) is 6.10. The van der Waals surface area contributed by atoms with E-state index in [2.05, 4.69) is 0 Å². The minimum atomic E-state index is -0.447. The van der Waals surface area contributed by atoms with Crippen molar-refractivity contribution in [2.75, 3.05) is 25.4 Å². The molecule has 20 heavy (non-hydrogen) atoms. The monoisotopic (exact) mass is 278 g/mol. The molecule has 0 aliphatic carbocycles. The lowest BCUT2D eigenvalue weighted by atomic mass is 10.0. The first-order chi connectivity index (χ1) is 9.35. The van der Waals surface area contributed by atoms with Crippen LogP contribution in [0.5, 0.6) is 5.75 Å². The molecule has 2 N–H and O–H groups in total. The highest BCUT2D eigenvalue weighted by Crippen LogP contribution is 2.24. The normalized spacial score (nSPS) is 15.7. The first kappa shape index (κ1) is 14.5. The molecular formula is C15H22N2O3. The summed E-state index contributed by atoms with van der Waals surface area (Å²) in [7, 11) is 0. The molecule has 5 heteroatoms. The van der Waals surface area contributed by atoms with Gasteiger partial charge in [-0.1, -0.05) is 12.1 Å². The first-order valence-electron chi connectivity index (χ1n) is 6.80. The molecule has 110 valence electrons. The van der Waals surface area contributed by atoms with E-state index in [4.69, 9.17) is 15.2 Å². The lowest BCUT2D eigenvalue weighted by molar-refractivity contribution is -0.00777. The molecule has 0 saturated carbocycles. The van der Waals surface area contributed by atoms with Crippen LogP contribution in [-0.2, 0) is 4.74 Å². The fourth-order valence-electron chi connectivity index (χ4n) is 1.97. The van der Waals surface area contributed by atoms with Gasteiger partial charge in [0.15, 0.2) is 0 Å². The zero-order chi connectivity index (χ0) is 14.8. The topological polar surface area (TPSA) is 64.8 Å². The number of ether oxygens (including phenoxy) is 2. The van der Waals surface area contributed by atoms with Crippen molar-refractivity contribution in [1.29, 1.82) is 0 Å². The van der Waals surface area contributed by atoms with E-state index in [0.717, 1.165) is 0 Å². The maximum Gasteiger partial charge on any atom is 0.410 e. The molecule has 0 aromatic heterocycles. The number of para-hydroxylation sites is 2. The van der Waals surface area contributed by atoms with Gasteiger partial charge in [-0.2, -0.15) is 0 Å². The highest BCUT2D eigenvalue weighted by atomic mass is 16.6. The third kappa shape index (κ3) is 3.79. The lowest BCUT2D eigenvalue weighted by Gasteiger charge is -2.39. The van der Waals surface area contributed by atoms with Crippen molar-refractivity contribution in [1.82, 2.24) is 4.90 Å². The van der Waals surface area contributed by atoms with Crippen molar-refractivity contribution in [2.45, 2.75) is 26.4 Å². The molecule has 1 aromatic carbocycles. The maximum atomic E-state index is 11.8. The van der Waals surface area contributed by atoms with E-state index in [0.29, 0.717) is 37.1 Å². The summed E-state index contributed by atoms with van der Waals surface area (Å²) in [5.41, 5.74) is 5.99. The zero-order valence-corrected chi connectivity index (χ0v) is 12.3. The van der Waals surface area contributed by atoms with Gasteiger partial charge in [0.2, 0.25) is 0 Å². The number of nitrogens with zero attached hydrogens (tertiary/aromatic N) is 1. The van der Waals surface area contributed by atoms with E-state index in [-0.39, 0.29) is 6.09 Å². The molecule has 0 unspecified atom stereocenters. The Balaban J connectivity index is 1.72. The summed E-state index contributed by atoms with van der Waals surface area (Å²) in [6.07, 6.45) is -0.257. The molecule has 0 atom stereocenters. The minimum absolute atomic E-state index is 0.257. The number of anilines is 1. The summed E-state index contributed by atoms with van der Waals surface area (Å²) in [4.78, 5) is 13.4. The fraction of sp³-hybridized carbons (Fsp3) is 0.533. The van der Waals surface area contributed by atoms with Gasteiger partial charge in [0.1, 0.15) is 11.4 Å². The number of carbonyl (C=O) groups excluding carboxylic acids is 1. The van der Waals surface area contributed by atoms with Gasteiger partial charge < -0.3 is 20.1 Å². The Morgan fingerprint density at radius 3 is 2.60 bits per heavy atom. The number of nitrogens with two attached hydrogens (primary N) is 1. The quantitative estimate of drug-likeness (QED) is 0.863. The van der Waals surface area contributed by atoms with Crippen LogP contribution in [0.2, 0.25) is 0 Å². The molecule has 0 spiro atoms. The number of nitrogen functional groups attached to an aromatic ring is 1. The second kappa shape index (κ2) is 5.61. The van der Waals surface area contributed by atoms with E-state index in [9.17, 15) is 4.79 Å². The average Bonchev–Trinajstić information content (AvgIpc) is 2.26. The van der Waals surface area contributed by atoms with E-state index in [1.165, 1.54) is 0 Å². The van der Waals surface area contributed by atoms with Gasteiger partial charge in [-0.3, -0.25) is 0 Å². The SMILES string of the molecule is CC(C)(C)OC(=O)N1CC(COc2ccccc2N)C1. The predicted octanol–water partition coefficient (Wildman–Crippen LogP) is 2.51. The third-order valence-corrected chi connectivity index (χ3v) is 3.00. The van der Waals surface area contributed by atoms with E-state index in [1.807, 2.05) is 45.0 Å². The van der Waals surface area contributed by atoms with Crippen LogP contribution in [0.3, 0.4) is 0 Å². The number of carbonyl (C=O) groups is 1. The molecule has 5 nitrogen and oxygen atoms in total. The Kier molecular flexibility index (Phi) is 4.06. The van der Waals surface area contributed by atoms with Gasteiger partial charge in [-0.15, -0.1) is 0 Å². The first-order valence-corrected chi connectivity index (χ1v) is 6.80. The molecule has 1 aliphatic rings. The van der Waals surface area contributed by atoms with Crippen LogP contribution in [-0.4, -0.2) is 36.3 Å². The van der Waals surface area contributed by atoms with Gasteiger partial charge in [0.25, 0.3) is 0 Å². The van der Waals surface area contributed by atoms with Crippen LogP contribution in [0.4, 0.5) is 10.5 Å². The number of benzene rings is 1. The Bertz CT molecular complexity index is 476. The van der Waals surface area contributed by atoms with Crippen LogP contribution in [0.1, 0.15) is 20.8 Å². The Hall–Kier alpha value is -1.91. The second-order valence-corrected chi connectivity index (χ2v) is 6.10. The van der Waals surface area contributed by atoms with Gasteiger partial charge in [0.05, 0.1) is 12.3 Å². The van der Waals surface area contributed by atoms with Gasteiger partial charge >= 0.3 is 6.09 Å². The summed E-state index contributed by atoms with van der Waals surface area (Å²) >= 11 is 0. The van der Waals surface area contributed by atoms with Crippen molar-refractivity contribution in [3.05, 3.63) is 24.3 Å². The molecule has 1 amide bonds. The Morgan fingerprint density at radius 1 is 1.35 bits per heavy atom. The number of rotatable bonds is 3. The summed E-state index contributed by atoms with van der Waals surface area (Å²) in [6, 6.07) is 7.41. The number of hydrogen-bond donors (Lipinski definition) is 1. The van der Waals surface area contributed by atoms with Gasteiger partial charge in [-0.25, -0.2) is 4.79 Å². The van der Waals surface area contributed by atoms with E-state index >= 15 is 0 Å². The average molecular weight is 278 g/mol. The third-order valence-electron chi connectivity index (χ3n) is 3.00. The van der Waals surface area contributed by atoms with Crippen molar-refractivity contribution >= 4 is 11.8 Å². The Morgan fingerprint density at radius 2 is 2.00 bits per heavy atom. The van der Waals surface area contributed by atoms with Crippen LogP contribution in [0.15, 0.2) is 24.3 Å². The van der Waals surface area contributed by atoms with E-state index in [1.54, 1.807) is 4.90 Å². The summed E-state index contributed by atoms with van der Waals surface area (Å²) in [5, 5.41) is 0. The standard InChI is InChI=1S/C15H22N2O3/c1-15(2,3)20-14(18)17-8-11(9-17)10-19-13-7-5-4-6-12(13)16/h4-7,11H,8-10,16H2,1-3H3. The molecule has 1 fully saturated rings. The maximum absolute atomic E-state index is 11.8. The summed E-state index contributed by atoms with van der Waals surface area (Å²) in [5.74, 6) is 1.03. The molecule has 1 aliphatic heterocycles. The zero-order valence-electron chi connectivity index (χ0n) is 12.3. The summed E-state index contributed by atoms with van der Waals surface area (Å²) in [6.45, 7) is 7.49. The minimum Gasteiger partial charge on any atom is -0.491 e. The van der Waals surface area contributed by atoms with E-state index < -0.39 is 5.60 Å². The highest BCUT2D eigenvalue weighted by Gasteiger charge is 2.34. The molecule has 1 aromatic rings. The van der Waals surface area contributed by atoms with Gasteiger partial charge in [0, 0.05) is 19.0 Å². The molecule has 0 bridgehead atoms. The summed E-state index contributed by atoms with van der Waals surface area (Å²) < 4.78 is 11.0. The van der Waals surface area contributed by atoms with Crippen molar-refractivity contribution < 1.29 is 14.3 Å². The fourth-order valence-corrected chi connectivity index (χ4v) is 1.97.